The average molecular weight is 547 g/mol. The molecule has 0 aliphatic carbocycles. The number of carbonyl (C=O) groups is 1. The third kappa shape index (κ3) is 3.70. The summed E-state index contributed by atoms with van der Waals surface area (Å²) >= 11 is 7.15. The summed E-state index contributed by atoms with van der Waals surface area (Å²) in [7, 11) is 2.00. The highest BCUT2D eigenvalue weighted by molar-refractivity contribution is 9.10. The molecule has 30 heavy (non-hydrogen) atoms. The number of amides is 1. The van der Waals surface area contributed by atoms with E-state index in [0.29, 0.717) is 19.4 Å². The van der Waals surface area contributed by atoms with E-state index in [1.54, 1.807) is 0 Å². The smallest absolute Gasteiger partial charge is 0.363 e. The normalized spacial score (nSPS) is 20.8. The number of fused-ring (bicyclic) bond motifs is 5. The van der Waals surface area contributed by atoms with Gasteiger partial charge in [-0.1, -0.05) is 31.9 Å². The van der Waals surface area contributed by atoms with Crippen molar-refractivity contribution >= 4 is 54.8 Å². The first-order valence-corrected chi connectivity index (χ1v) is 11.1. The highest BCUT2D eigenvalue weighted by Gasteiger charge is 2.42. The number of halogens is 5. The molecule has 4 nitrogen and oxygen atoms in total. The van der Waals surface area contributed by atoms with E-state index in [2.05, 4.69) is 53.0 Å². The van der Waals surface area contributed by atoms with Gasteiger partial charge in [-0.3, -0.25) is 4.79 Å². The summed E-state index contributed by atoms with van der Waals surface area (Å²) in [5.41, 5.74) is 5.16. The van der Waals surface area contributed by atoms with Crippen LogP contribution in [-0.4, -0.2) is 31.7 Å². The lowest BCUT2D eigenvalue weighted by atomic mass is 9.88. The van der Waals surface area contributed by atoms with Gasteiger partial charge in [0.05, 0.1) is 17.4 Å². The second-order valence-electron chi connectivity index (χ2n) is 7.70. The van der Waals surface area contributed by atoms with Gasteiger partial charge in [-0.05, 0) is 55.7 Å². The maximum atomic E-state index is 12.8. The van der Waals surface area contributed by atoms with Crippen molar-refractivity contribution in [2.45, 2.75) is 38.0 Å². The third-order valence-electron chi connectivity index (χ3n) is 5.92. The highest BCUT2D eigenvalue weighted by Crippen LogP contribution is 2.50. The van der Waals surface area contributed by atoms with Gasteiger partial charge >= 0.3 is 12.1 Å². The van der Waals surface area contributed by atoms with Crippen LogP contribution in [0.4, 0.5) is 30.2 Å². The fourth-order valence-corrected chi connectivity index (χ4v) is 5.16. The van der Waals surface area contributed by atoms with Crippen molar-refractivity contribution in [2.75, 3.05) is 23.4 Å². The third-order valence-corrected chi connectivity index (χ3v) is 7.28. The Bertz CT molecular complexity index is 1010. The van der Waals surface area contributed by atoms with E-state index in [-0.39, 0.29) is 6.04 Å². The molecule has 1 N–H and O–H groups in total. The number of hydrogen-bond donors (Lipinski definition) is 1. The molecule has 1 amide bonds. The molecule has 1 saturated heterocycles. The zero-order valence-electron chi connectivity index (χ0n) is 16.4. The zero-order valence-corrected chi connectivity index (χ0v) is 19.5. The van der Waals surface area contributed by atoms with Crippen molar-refractivity contribution < 1.29 is 18.0 Å². The molecule has 2 unspecified atom stereocenters. The number of anilines is 3. The van der Waals surface area contributed by atoms with Crippen LogP contribution in [-0.2, 0) is 4.79 Å². The first-order valence-electron chi connectivity index (χ1n) is 9.54. The van der Waals surface area contributed by atoms with Crippen molar-refractivity contribution in [3.8, 4) is 0 Å². The van der Waals surface area contributed by atoms with Gasteiger partial charge in [0.1, 0.15) is 0 Å². The number of rotatable bonds is 1. The zero-order chi connectivity index (χ0) is 21.8. The number of nitrogens with one attached hydrogen (secondary N) is 1. The van der Waals surface area contributed by atoms with Crippen LogP contribution in [0, 0.1) is 6.92 Å². The van der Waals surface area contributed by atoms with Gasteiger partial charge < -0.3 is 15.1 Å². The Morgan fingerprint density at radius 1 is 1.13 bits per heavy atom. The van der Waals surface area contributed by atoms with Crippen LogP contribution in [0.1, 0.15) is 30.0 Å². The fraction of sp³-hybridized carbons (Fsp3) is 0.381. The van der Waals surface area contributed by atoms with Gasteiger partial charge in [0.15, 0.2) is 0 Å². The van der Waals surface area contributed by atoms with Crippen molar-refractivity contribution in [1.29, 1.82) is 0 Å². The minimum atomic E-state index is -4.88. The minimum absolute atomic E-state index is 0.158. The highest BCUT2D eigenvalue weighted by atomic mass is 79.9. The molecule has 9 heteroatoms. The van der Waals surface area contributed by atoms with Crippen molar-refractivity contribution in [3.63, 3.8) is 0 Å². The van der Waals surface area contributed by atoms with E-state index in [4.69, 9.17) is 0 Å². The number of alkyl halides is 3. The molecule has 2 aromatic carbocycles. The van der Waals surface area contributed by atoms with Crippen molar-refractivity contribution in [2.24, 2.45) is 0 Å². The second kappa shape index (κ2) is 7.75. The van der Waals surface area contributed by atoms with Crippen molar-refractivity contribution in [3.05, 3.63) is 50.4 Å². The first-order chi connectivity index (χ1) is 14.1. The molecule has 2 atom stereocenters. The van der Waals surface area contributed by atoms with Crippen LogP contribution in [0.25, 0.3) is 0 Å². The van der Waals surface area contributed by atoms with Crippen LogP contribution < -0.4 is 15.1 Å². The van der Waals surface area contributed by atoms with Crippen molar-refractivity contribution in [1.82, 2.24) is 5.32 Å². The molecule has 2 aliphatic rings. The predicted molar refractivity (Wildman–Crippen MR) is 118 cm³/mol. The van der Waals surface area contributed by atoms with E-state index < -0.39 is 18.1 Å². The molecule has 0 aromatic heterocycles. The molecule has 2 heterocycles. The van der Waals surface area contributed by atoms with E-state index in [9.17, 15) is 18.0 Å². The number of carbonyl (C=O) groups excluding carboxylic acids is 1. The Hall–Kier alpha value is -1.74. The monoisotopic (exact) mass is 545 g/mol. The summed E-state index contributed by atoms with van der Waals surface area (Å²) in [6, 6.07) is 9.37. The van der Waals surface area contributed by atoms with Crippen LogP contribution in [0.5, 0.6) is 0 Å². The lowest BCUT2D eigenvalue weighted by Crippen LogP contribution is -2.49. The maximum absolute atomic E-state index is 12.8. The molecule has 1 fully saturated rings. The average Bonchev–Trinajstić information content (AvgIpc) is 2.78. The molecule has 160 valence electrons. The van der Waals surface area contributed by atoms with Gasteiger partial charge in [0.25, 0.3) is 0 Å². The Kier molecular flexibility index (Phi) is 5.55. The van der Waals surface area contributed by atoms with Crippen LogP contribution in [0.3, 0.4) is 0 Å². The number of nitrogens with zero attached hydrogens (tertiary/aromatic N) is 2. The predicted octanol–water partition coefficient (Wildman–Crippen LogP) is 5.99. The number of benzene rings is 2. The SMILES string of the molecule is Cc1c(Br)ccc2c1C1CC(NC(=O)C(F)(F)F)CCN1c1ccc(Br)cc1N2C. The standard InChI is InChI=1S/C21H20Br2F3N3O/c1-11-14(23)4-6-16-19(11)18-10-13(27-20(30)21(24,25)26)7-8-29(18)15-5-3-12(22)9-17(15)28(16)2/h3-6,9,13,18H,7-8,10H2,1-2H3,(H,27,30). The largest absolute Gasteiger partial charge is 0.471 e. The molecular formula is C21H20Br2F3N3O. The summed E-state index contributed by atoms with van der Waals surface area (Å²) in [5, 5.41) is 2.20. The van der Waals surface area contributed by atoms with Gasteiger partial charge in [-0.15, -0.1) is 0 Å². The topological polar surface area (TPSA) is 35.6 Å². The van der Waals surface area contributed by atoms with Gasteiger partial charge in [-0.25, -0.2) is 0 Å². The quantitative estimate of drug-likeness (QED) is 0.477. The maximum Gasteiger partial charge on any atom is 0.471 e. The van der Waals surface area contributed by atoms with Crippen LogP contribution in [0.2, 0.25) is 0 Å². The minimum Gasteiger partial charge on any atom is -0.363 e. The Morgan fingerprint density at radius 3 is 2.53 bits per heavy atom. The second-order valence-corrected chi connectivity index (χ2v) is 9.47. The first kappa shape index (κ1) is 21.5. The Morgan fingerprint density at radius 2 is 1.83 bits per heavy atom. The Labute approximate surface area is 189 Å². The lowest BCUT2D eigenvalue weighted by Gasteiger charge is -2.41. The van der Waals surface area contributed by atoms with E-state index in [0.717, 1.165) is 37.1 Å². The van der Waals surface area contributed by atoms with Crippen LogP contribution >= 0.6 is 31.9 Å². The molecular weight excluding hydrogens is 527 g/mol. The summed E-state index contributed by atoms with van der Waals surface area (Å²) in [4.78, 5) is 15.9. The summed E-state index contributed by atoms with van der Waals surface area (Å²) in [6.07, 6.45) is -4.04. The molecule has 0 radical (unpaired) electrons. The molecule has 2 aliphatic heterocycles. The van der Waals surface area contributed by atoms with Gasteiger partial charge in [0.2, 0.25) is 0 Å². The summed E-state index contributed by atoms with van der Waals surface area (Å²) in [5.74, 6) is -1.87. The van der Waals surface area contributed by atoms with E-state index in [1.807, 2.05) is 38.2 Å². The molecule has 0 saturated carbocycles. The number of hydrogen-bond acceptors (Lipinski definition) is 3. The Balaban J connectivity index is 1.81. The fourth-order valence-electron chi connectivity index (χ4n) is 4.46. The molecule has 2 aromatic rings. The summed E-state index contributed by atoms with van der Waals surface area (Å²) in [6.45, 7) is 2.56. The molecule has 0 spiro atoms. The lowest BCUT2D eigenvalue weighted by molar-refractivity contribution is -0.174. The van der Waals surface area contributed by atoms with E-state index >= 15 is 0 Å². The van der Waals surface area contributed by atoms with Gasteiger partial charge in [0, 0.05) is 39.8 Å². The molecule has 0 bridgehead atoms. The molecule has 4 rings (SSSR count). The van der Waals surface area contributed by atoms with E-state index in [1.165, 1.54) is 0 Å². The summed E-state index contributed by atoms with van der Waals surface area (Å²) < 4.78 is 40.3. The number of piperidine rings is 1. The van der Waals surface area contributed by atoms with Gasteiger partial charge in [-0.2, -0.15) is 13.2 Å². The van der Waals surface area contributed by atoms with Crippen LogP contribution in [0.15, 0.2) is 39.3 Å².